The van der Waals surface area contributed by atoms with Gasteiger partial charge >= 0.3 is 0 Å². The third-order valence-corrected chi connectivity index (χ3v) is 5.43. The van der Waals surface area contributed by atoms with Crippen molar-refractivity contribution in [3.63, 3.8) is 0 Å². The molecule has 0 aliphatic heterocycles. The molecule has 0 aliphatic rings. The van der Waals surface area contributed by atoms with Gasteiger partial charge < -0.3 is 5.32 Å². The minimum atomic E-state index is -3.24. The van der Waals surface area contributed by atoms with Crippen LogP contribution >= 0.6 is 0 Å². The predicted octanol–water partition coefficient (Wildman–Crippen LogP) is 2.94. The van der Waals surface area contributed by atoms with Crippen molar-refractivity contribution in [3.8, 4) is 22.8 Å². The van der Waals surface area contributed by atoms with Gasteiger partial charge in [-0.05, 0) is 54.1 Å². The number of nitrogens with one attached hydrogen (secondary N) is 2. The molecule has 146 valence electrons. The molecule has 0 saturated heterocycles. The minimum Gasteiger partial charge on any atom is -0.365 e. The molecule has 8 nitrogen and oxygen atoms in total. The van der Waals surface area contributed by atoms with Crippen LogP contribution in [0.25, 0.3) is 22.8 Å². The molecule has 0 bridgehead atoms. The van der Waals surface area contributed by atoms with E-state index < -0.39 is 9.84 Å². The number of pyridine rings is 2. The lowest BCUT2D eigenvalue weighted by Crippen LogP contribution is -2.03. The highest BCUT2D eigenvalue weighted by atomic mass is 32.2. The highest BCUT2D eigenvalue weighted by molar-refractivity contribution is 7.90. The van der Waals surface area contributed by atoms with Crippen molar-refractivity contribution in [1.82, 2.24) is 25.1 Å². The van der Waals surface area contributed by atoms with Gasteiger partial charge in [0.15, 0.2) is 21.5 Å². The topological polar surface area (TPSA) is 114 Å². The fourth-order valence-electron chi connectivity index (χ4n) is 2.79. The number of nitrogens with zero attached hydrogens (tertiary/aromatic N) is 4. The van der Waals surface area contributed by atoms with Gasteiger partial charge in [0.05, 0.1) is 10.5 Å². The van der Waals surface area contributed by atoms with Crippen molar-refractivity contribution in [3.05, 3.63) is 72.7 Å². The Balaban J connectivity index is 1.58. The number of anilines is 1. The van der Waals surface area contributed by atoms with Crippen molar-refractivity contribution < 1.29 is 8.42 Å². The number of benzene rings is 1. The van der Waals surface area contributed by atoms with Crippen LogP contribution < -0.4 is 5.32 Å². The van der Waals surface area contributed by atoms with Gasteiger partial charge in [-0.25, -0.2) is 18.4 Å². The first-order valence-corrected chi connectivity index (χ1v) is 10.7. The van der Waals surface area contributed by atoms with E-state index in [1.807, 2.05) is 24.3 Å². The van der Waals surface area contributed by atoms with Crippen LogP contribution in [-0.4, -0.2) is 39.8 Å². The zero-order valence-corrected chi connectivity index (χ0v) is 16.4. The Hall–Kier alpha value is -3.59. The molecule has 3 heterocycles. The summed E-state index contributed by atoms with van der Waals surface area (Å²) in [5, 5.41) is 10.5. The van der Waals surface area contributed by atoms with Crippen molar-refractivity contribution >= 4 is 15.7 Å². The highest BCUT2D eigenvalue weighted by Gasteiger charge is 2.13. The summed E-state index contributed by atoms with van der Waals surface area (Å²) in [5.41, 5.74) is 2.59. The van der Waals surface area contributed by atoms with E-state index >= 15 is 0 Å². The fourth-order valence-corrected chi connectivity index (χ4v) is 3.42. The third kappa shape index (κ3) is 4.30. The Morgan fingerprint density at radius 2 is 1.76 bits per heavy atom. The number of sulfone groups is 1. The van der Waals surface area contributed by atoms with Gasteiger partial charge in [0.1, 0.15) is 5.82 Å². The molecule has 2 N–H and O–H groups in total. The Morgan fingerprint density at radius 3 is 2.48 bits per heavy atom. The Kier molecular flexibility index (Phi) is 5.05. The van der Waals surface area contributed by atoms with E-state index in [0.717, 1.165) is 16.7 Å². The van der Waals surface area contributed by atoms with Crippen LogP contribution in [-0.2, 0) is 16.4 Å². The van der Waals surface area contributed by atoms with Crippen molar-refractivity contribution in [2.24, 2.45) is 0 Å². The van der Waals surface area contributed by atoms with Gasteiger partial charge in [-0.15, -0.1) is 0 Å². The first-order valence-electron chi connectivity index (χ1n) is 8.82. The molecule has 0 atom stereocenters. The van der Waals surface area contributed by atoms with E-state index in [1.165, 1.54) is 6.26 Å². The van der Waals surface area contributed by atoms with Gasteiger partial charge in [-0.2, -0.15) is 5.10 Å². The zero-order chi connectivity index (χ0) is 20.3. The van der Waals surface area contributed by atoms with Gasteiger partial charge in [-0.1, -0.05) is 0 Å². The lowest BCUT2D eigenvalue weighted by molar-refractivity contribution is 0.602. The maximum atomic E-state index is 11.6. The second kappa shape index (κ2) is 7.80. The highest BCUT2D eigenvalue weighted by Crippen LogP contribution is 2.26. The molecule has 3 aromatic heterocycles. The monoisotopic (exact) mass is 406 g/mol. The summed E-state index contributed by atoms with van der Waals surface area (Å²) in [5.74, 6) is 1.72. The van der Waals surface area contributed by atoms with Crippen LogP contribution in [0.4, 0.5) is 5.82 Å². The molecule has 0 amide bonds. The molecule has 0 saturated carbocycles. The molecule has 9 heteroatoms. The molecule has 0 radical (unpaired) electrons. The van der Waals surface area contributed by atoms with Crippen LogP contribution in [0.15, 0.2) is 72.0 Å². The van der Waals surface area contributed by atoms with Gasteiger partial charge in [0.2, 0.25) is 0 Å². The lowest BCUT2D eigenvalue weighted by atomic mass is 10.2. The molecule has 4 rings (SSSR count). The zero-order valence-electron chi connectivity index (χ0n) is 15.6. The second-order valence-electron chi connectivity index (χ2n) is 6.41. The van der Waals surface area contributed by atoms with Gasteiger partial charge in [0.25, 0.3) is 0 Å². The fraction of sp³-hybridized carbons (Fsp3) is 0.100. The molecule has 4 aromatic rings. The number of H-pyrrole nitrogens is 1. The SMILES string of the molecule is CS(=O)(=O)c1ccc(-c2n[nH]c(-c3cccnc3NCc3ccncc3)n2)cc1. The minimum absolute atomic E-state index is 0.256. The van der Waals surface area contributed by atoms with Crippen molar-refractivity contribution in [2.45, 2.75) is 11.4 Å². The Labute approximate surface area is 168 Å². The summed E-state index contributed by atoms with van der Waals surface area (Å²) in [6, 6.07) is 14.1. The summed E-state index contributed by atoms with van der Waals surface area (Å²) in [7, 11) is -3.24. The second-order valence-corrected chi connectivity index (χ2v) is 8.43. The average molecular weight is 406 g/mol. The predicted molar refractivity (Wildman–Crippen MR) is 110 cm³/mol. The van der Waals surface area contributed by atoms with Crippen molar-refractivity contribution in [1.29, 1.82) is 0 Å². The smallest absolute Gasteiger partial charge is 0.181 e. The Morgan fingerprint density at radius 1 is 1.00 bits per heavy atom. The summed E-state index contributed by atoms with van der Waals surface area (Å²) in [6.45, 7) is 0.598. The third-order valence-electron chi connectivity index (χ3n) is 4.30. The summed E-state index contributed by atoms with van der Waals surface area (Å²) < 4.78 is 23.2. The number of aromatic nitrogens is 5. The molecular weight excluding hydrogens is 388 g/mol. The number of rotatable bonds is 6. The normalized spacial score (nSPS) is 11.3. The van der Waals surface area contributed by atoms with Crippen LogP contribution in [0.2, 0.25) is 0 Å². The maximum absolute atomic E-state index is 11.6. The van der Waals surface area contributed by atoms with E-state index in [2.05, 4.69) is 30.5 Å². The van der Waals surface area contributed by atoms with E-state index in [4.69, 9.17) is 0 Å². The van der Waals surface area contributed by atoms with Crippen LogP contribution in [0, 0.1) is 0 Å². The van der Waals surface area contributed by atoms with E-state index in [-0.39, 0.29) is 4.90 Å². The first kappa shape index (κ1) is 18.8. The molecule has 0 fully saturated rings. The van der Waals surface area contributed by atoms with E-state index in [1.54, 1.807) is 42.9 Å². The molecule has 0 spiro atoms. The van der Waals surface area contributed by atoms with Crippen LogP contribution in [0.5, 0.6) is 0 Å². The van der Waals surface area contributed by atoms with Crippen LogP contribution in [0.1, 0.15) is 5.56 Å². The van der Waals surface area contributed by atoms with Crippen LogP contribution in [0.3, 0.4) is 0 Å². The standard InChI is InChI=1S/C20H18N6O2S/c1-29(27,28)16-6-4-15(5-7-16)18-24-20(26-25-18)17-3-2-10-22-19(17)23-13-14-8-11-21-12-9-14/h2-12H,13H2,1H3,(H,22,23)(H,24,25,26). The number of hydrogen-bond acceptors (Lipinski definition) is 7. The lowest BCUT2D eigenvalue weighted by Gasteiger charge is -2.09. The first-order chi connectivity index (χ1) is 14.0. The summed E-state index contributed by atoms with van der Waals surface area (Å²) in [6.07, 6.45) is 6.37. The molecular formula is C20H18N6O2S. The molecule has 0 unspecified atom stereocenters. The maximum Gasteiger partial charge on any atom is 0.181 e. The van der Waals surface area contributed by atoms with Gasteiger partial charge in [-0.3, -0.25) is 10.1 Å². The largest absolute Gasteiger partial charge is 0.365 e. The molecule has 0 aliphatic carbocycles. The molecule has 1 aromatic carbocycles. The molecule has 29 heavy (non-hydrogen) atoms. The van der Waals surface area contributed by atoms with Gasteiger partial charge in [0, 0.05) is 37.0 Å². The van der Waals surface area contributed by atoms with E-state index in [0.29, 0.717) is 24.0 Å². The average Bonchev–Trinajstić information content (AvgIpc) is 3.23. The Bertz CT molecular complexity index is 1220. The van der Waals surface area contributed by atoms with Crippen molar-refractivity contribution in [2.75, 3.05) is 11.6 Å². The van der Waals surface area contributed by atoms with E-state index in [9.17, 15) is 8.42 Å². The summed E-state index contributed by atoms with van der Waals surface area (Å²) >= 11 is 0. The quantitative estimate of drug-likeness (QED) is 0.506. The number of aromatic amines is 1. The number of hydrogen-bond donors (Lipinski definition) is 2. The summed E-state index contributed by atoms with van der Waals surface area (Å²) in [4.78, 5) is 13.2.